The highest BCUT2D eigenvalue weighted by atomic mass is 14.9. The molecule has 0 aromatic carbocycles. The minimum atomic E-state index is 0.868. The van der Waals surface area contributed by atoms with Crippen LogP contribution in [-0.2, 0) is 0 Å². The van der Waals surface area contributed by atoms with Crippen molar-refractivity contribution in [2.45, 2.75) is 26.7 Å². The third kappa shape index (κ3) is 2.38. The van der Waals surface area contributed by atoms with Crippen LogP contribution in [0.4, 0.5) is 0 Å². The zero-order valence-electron chi connectivity index (χ0n) is 8.43. The zero-order valence-corrected chi connectivity index (χ0v) is 8.43. The van der Waals surface area contributed by atoms with E-state index in [4.69, 9.17) is 5.73 Å². The fraction of sp³-hybridized carbons (Fsp3) is 0.455. The Morgan fingerprint density at radius 2 is 2.23 bits per heavy atom. The lowest BCUT2D eigenvalue weighted by Gasteiger charge is -2.17. The van der Waals surface area contributed by atoms with Gasteiger partial charge >= 0.3 is 0 Å². The molecule has 0 radical (unpaired) electrons. The van der Waals surface area contributed by atoms with E-state index in [2.05, 4.69) is 24.4 Å². The smallest absolute Gasteiger partial charge is 0.0390 e. The van der Waals surface area contributed by atoms with E-state index in [0.717, 1.165) is 30.7 Å². The van der Waals surface area contributed by atoms with Crippen LogP contribution in [-0.4, -0.2) is 6.54 Å². The van der Waals surface area contributed by atoms with Crippen LogP contribution in [0.25, 0.3) is 0 Å². The molecule has 0 saturated carbocycles. The second-order valence-electron chi connectivity index (χ2n) is 3.09. The zero-order chi connectivity index (χ0) is 9.68. The van der Waals surface area contributed by atoms with E-state index in [-0.39, 0.29) is 0 Å². The summed E-state index contributed by atoms with van der Waals surface area (Å²) in [7, 11) is 0. The van der Waals surface area contributed by atoms with Gasteiger partial charge in [0.25, 0.3) is 0 Å². The molecule has 0 bridgehead atoms. The molecule has 1 rings (SSSR count). The van der Waals surface area contributed by atoms with Crippen LogP contribution in [0.2, 0.25) is 0 Å². The van der Waals surface area contributed by atoms with Crippen LogP contribution in [0.5, 0.6) is 0 Å². The molecule has 1 aliphatic carbocycles. The maximum absolute atomic E-state index is 5.88. The average Bonchev–Trinajstić information content (AvgIpc) is 2.18. The van der Waals surface area contributed by atoms with Gasteiger partial charge in [-0.1, -0.05) is 18.2 Å². The van der Waals surface area contributed by atoms with E-state index in [1.807, 2.05) is 13.0 Å². The molecular formula is C11H18N2. The summed E-state index contributed by atoms with van der Waals surface area (Å²) in [6.07, 6.45) is 8.58. The summed E-state index contributed by atoms with van der Waals surface area (Å²) < 4.78 is 0. The van der Waals surface area contributed by atoms with E-state index in [0.29, 0.717) is 0 Å². The molecule has 3 N–H and O–H groups in total. The Morgan fingerprint density at radius 3 is 2.85 bits per heavy atom. The maximum Gasteiger partial charge on any atom is 0.0390 e. The second kappa shape index (κ2) is 4.75. The third-order valence-electron chi connectivity index (χ3n) is 2.14. The van der Waals surface area contributed by atoms with Gasteiger partial charge in [0.2, 0.25) is 0 Å². The van der Waals surface area contributed by atoms with Crippen molar-refractivity contribution in [1.82, 2.24) is 5.32 Å². The number of rotatable bonds is 3. The molecule has 2 heteroatoms. The first-order valence-electron chi connectivity index (χ1n) is 4.86. The lowest BCUT2D eigenvalue weighted by Crippen LogP contribution is -2.18. The molecule has 0 aliphatic heterocycles. The first-order valence-corrected chi connectivity index (χ1v) is 4.86. The predicted octanol–water partition coefficient (Wildman–Crippen LogP) is 2.06. The van der Waals surface area contributed by atoms with E-state index < -0.39 is 0 Å². The fourth-order valence-electron chi connectivity index (χ4n) is 1.46. The van der Waals surface area contributed by atoms with Gasteiger partial charge in [0.1, 0.15) is 0 Å². The highest BCUT2D eigenvalue weighted by Gasteiger charge is 2.09. The molecular weight excluding hydrogens is 160 g/mol. The van der Waals surface area contributed by atoms with Crippen LogP contribution >= 0.6 is 0 Å². The molecule has 72 valence electrons. The Kier molecular flexibility index (Phi) is 3.62. The Bertz CT molecular complexity index is 259. The van der Waals surface area contributed by atoms with Crippen LogP contribution in [0, 0.1) is 0 Å². The second-order valence-corrected chi connectivity index (χ2v) is 3.09. The molecule has 0 fully saturated rings. The number of likely N-dealkylation sites (N-methyl/N-ethyl adjacent to an activating group) is 1. The van der Waals surface area contributed by atoms with Crippen molar-refractivity contribution in [2.24, 2.45) is 5.73 Å². The highest BCUT2D eigenvalue weighted by Crippen LogP contribution is 2.20. The molecule has 13 heavy (non-hydrogen) atoms. The average molecular weight is 178 g/mol. The van der Waals surface area contributed by atoms with Gasteiger partial charge < -0.3 is 11.1 Å². The molecule has 2 nitrogen and oxygen atoms in total. The van der Waals surface area contributed by atoms with Gasteiger partial charge in [-0.25, -0.2) is 0 Å². The molecule has 1 aliphatic rings. The monoisotopic (exact) mass is 178 g/mol. The van der Waals surface area contributed by atoms with Crippen LogP contribution < -0.4 is 11.1 Å². The third-order valence-corrected chi connectivity index (χ3v) is 2.14. The van der Waals surface area contributed by atoms with Gasteiger partial charge in [-0.2, -0.15) is 0 Å². The Hall–Kier alpha value is -1.18. The Labute approximate surface area is 80.2 Å². The first kappa shape index (κ1) is 9.90. The van der Waals surface area contributed by atoms with Gasteiger partial charge in [0.05, 0.1) is 0 Å². The Morgan fingerprint density at radius 1 is 1.54 bits per heavy atom. The summed E-state index contributed by atoms with van der Waals surface area (Å²) in [6.45, 7) is 5.01. The van der Waals surface area contributed by atoms with Crippen molar-refractivity contribution in [2.75, 3.05) is 6.54 Å². The number of hydrogen-bond donors (Lipinski definition) is 2. The first-order chi connectivity index (χ1) is 6.29. The van der Waals surface area contributed by atoms with E-state index >= 15 is 0 Å². The lowest BCUT2D eigenvalue weighted by molar-refractivity contribution is 0.830. The minimum Gasteiger partial charge on any atom is -0.398 e. The summed E-state index contributed by atoms with van der Waals surface area (Å²) in [6, 6.07) is 0. The minimum absolute atomic E-state index is 0.868. The number of allylic oxidation sites excluding steroid dienone is 3. The number of nitrogens with two attached hydrogens (primary N) is 1. The highest BCUT2D eigenvalue weighted by molar-refractivity contribution is 5.45. The largest absolute Gasteiger partial charge is 0.398 e. The SMILES string of the molecule is C/C=C(/N)C1=CCCC=C1NCC. The van der Waals surface area contributed by atoms with Crippen molar-refractivity contribution < 1.29 is 0 Å². The molecule has 0 amide bonds. The van der Waals surface area contributed by atoms with Gasteiger partial charge in [-0.3, -0.25) is 0 Å². The Balaban J connectivity index is 2.81. The fourth-order valence-corrected chi connectivity index (χ4v) is 1.46. The molecule has 0 atom stereocenters. The number of nitrogens with one attached hydrogen (secondary N) is 1. The van der Waals surface area contributed by atoms with Gasteiger partial charge in [0, 0.05) is 23.5 Å². The summed E-state index contributed by atoms with van der Waals surface area (Å²) in [4.78, 5) is 0. The van der Waals surface area contributed by atoms with E-state index in [1.54, 1.807) is 0 Å². The molecule has 0 spiro atoms. The summed E-state index contributed by atoms with van der Waals surface area (Å²) >= 11 is 0. The van der Waals surface area contributed by atoms with Crippen molar-refractivity contribution in [3.8, 4) is 0 Å². The predicted molar refractivity (Wildman–Crippen MR) is 57.0 cm³/mol. The standard InChI is InChI=1S/C11H18N2/c1-3-10(12)9-7-5-6-8-11(9)13-4-2/h3,7-8,13H,4-6,12H2,1-2H3/b10-3+. The van der Waals surface area contributed by atoms with Crippen molar-refractivity contribution in [3.05, 3.63) is 35.2 Å². The quantitative estimate of drug-likeness (QED) is 0.694. The van der Waals surface area contributed by atoms with Gasteiger partial charge in [-0.05, 0) is 26.7 Å². The van der Waals surface area contributed by atoms with Crippen LogP contribution in [0.1, 0.15) is 26.7 Å². The molecule has 0 heterocycles. The number of hydrogen-bond acceptors (Lipinski definition) is 2. The topological polar surface area (TPSA) is 38.0 Å². The van der Waals surface area contributed by atoms with E-state index in [9.17, 15) is 0 Å². The van der Waals surface area contributed by atoms with Gasteiger partial charge in [-0.15, -0.1) is 0 Å². The van der Waals surface area contributed by atoms with Crippen molar-refractivity contribution in [3.63, 3.8) is 0 Å². The molecule has 0 unspecified atom stereocenters. The normalized spacial score (nSPS) is 17.8. The van der Waals surface area contributed by atoms with Crippen LogP contribution in [0.3, 0.4) is 0 Å². The molecule has 0 aromatic rings. The summed E-state index contributed by atoms with van der Waals surface area (Å²) in [5, 5.41) is 3.32. The maximum atomic E-state index is 5.88. The molecule has 0 aromatic heterocycles. The summed E-state index contributed by atoms with van der Waals surface area (Å²) in [5.74, 6) is 0. The van der Waals surface area contributed by atoms with Crippen molar-refractivity contribution >= 4 is 0 Å². The van der Waals surface area contributed by atoms with E-state index in [1.165, 1.54) is 5.70 Å². The lowest BCUT2D eigenvalue weighted by atomic mass is 10.0. The summed E-state index contributed by atoms with van der Waals surface area (Å²) in [5.41, 5.74) is 9.10. The van der Waals surface area contributed by atoms with Gasteiger partial charge in [0.15, 0.2) is 0 Å². The molecule has 0 saturated heterocycles. The van der Waals surface area contributed by atoms with Crippen molar-refractivity contribution in [1.29, 1.82) is 0 Å². The van der Waals surface area contributed by atoms with Crippen LogP contribution in [0.15, 0.2) is 35.2 Å².